The molecule has 1 atom stereocenters. The maximum absolute atomic E-state index is 13.8. The van der Waals surface area contributed by atoms with E-state index >= 15 is 0 Å². The van der Waals surface area contributed by atoms with Crippen LogP contribution in [0.5, 0.6) is 5.75 Å². The molecule has 1 unspecified atom stereocenters. The van der Waals surface area contributed by atoms with Gasteiger partial charge in [-0.2, -0.15) is 0 Å². The molecule has 7 nitrogen and oxygen atoms in total. The molecule has 1 amide bonds. The molecule has 1 saturated heterocycles. The minimum absolute atomic E-state index is 0.153. The topological polar surface area (TPSA) is 67.7 Å². The first-order valence-electron chi connectivity index (χ1n) is 12.5. The molecular weight excluding hydrogens is 471 g/mol. The molecule has 1 aliphatic heterocycles. The number of carbonyl (C=O) groups excluding carboxylic acids is 1. The Labute approximate surface area is 214 Å². The van der Waals surface area contributed by atoms with Gasteiger partial charge in [-0.15, -0.1) is 0 Å². The lowest BCUT2D eigenvalue weighted by Crippen LogP contribution is -2.50. The maximum Gasteiger partial charge on any atom is 0.266 e. The number of fused-ring (bicyclic) bond motifs is 1. The van der Waals surface area contributed by atoms with Gasteiger partial charge >= 0.3 is 0 Å². The third-order valence-electron chi connectivity index (χ3n) is 6.80. The van der Waals surface area contributed by atoms with Gasteiger partial charge in [-0.25, -0.2) is 9.37 Å². The van der Waals surface area contributed by atoms with Crippen molar-refractivity contribution in [2.24, 2.45) is 0 Å². The second-order valence-corrected chi connectivity index (χ2v) is 9.04. The molecule has 3 aromatic carbocycles. The van der Waals surface area contributed by atoms with E-state index in [2.05, 4.69) is 4.90 Å². The Morgan fingerprint density at radius 1 is 1.00 bits per heavy atom. The molecule has 2 heterocycles. The number of piperazine rings is 1. The molecule has 0 radical (unpaired) electrons. The number of hydrogen-bond acceptors (Lipinski definition) is 5. The van der Waals surface area contributed by atoms with Gasteiger partial charge in [0.05, 0.1) is 29.2 Å². The average Bonchev–Trinajstić information content (AvgIpc) is 2.93. The predicted molar refractivity (Wildman–Crippen MR) is 141 cm³/mol. The van der Waals surface area contributed by atoms with Crippen LogP contribution in [0, 0.1) is 5.82 Å². The normalized spacial score (nSPS) is 15.1. The number of ether oxygens (including phenoxy) is 1. The fourth-order valence-electron chi connectivity index (χ4n) is 4.86. The molecule has 4 aromatic rings. The highest BCUT2D eigenvalue weighted by Crippen LogP contribution is 2.28. The van der Waals surface area contributed by atoms with Crippen LogP contribution in [0.1, 0.15) is 36.1 Å². The molecule has 1 aliphatic rings. The second kappa shape index (κ2) is 10.5. The van der Waals surface area contributed by atoms with Crippen LogP contribution >= 0.6 is 0 Å². The number of nitrogens with zero attached hydrogens (tertiary/aromatic N) is 4. The van der Waals surface area contributed by atoms with Gasteiger partial charge in [-0.05, 0) is 56.3 Å². The van der Waals surface area contributed by atoms with Gasteiger partial charge in [0.2, 0.25) is 0 Å². The van der Waals surface area contributed by atoms with E-state index in [0.29, 0.717) is 66.5 Å². The molecular formula is C29H29FN4O3. The van der Waals surface area contributed by atoms with Crippen molar-refractivity contribution in [2.75, 3.05) is 32.8 Å². The number of carbonyl (C=O) groups is 1. The summed E-state index contributed by atoms with van der Waals surface area (Å²) in [4.78, 5) is 35.6. The molecule has 8 heteroatoms. The van der Waals surface area contributed by atoms with Crippen molar-refractivity contribution in [3.05, 3.63) is 100 Å². The fourth-order valence-corrected chi connectivity index (χ4v) is 4.86. The number of aromatic nitrogens is 2. The molecule has 0 bridgehead atoms. The molecule has 0 aliphatic carbocycles. The van der Waals surface area contributed by atoms with Gasteiger partial charge in [-0.1, -0.05) is 30.3 Å². The highest BCUT2D eigenvalue weighted by Gasteiger charge is 2.29. The number of halogens is 1. The van der Waals surface area contributed by atoms with E-state index in [1.165, 1.54) is 12.1 Å². The largest absolute Gasteiger partial charge is 0.492 e. The molecule has 0 spiro atoms. The first kappa shape index (κ1) is 24.6. The van der Waals surface area contributed by atoms with Crippen molar-refractivity contribution in [3.8, 4) is 11.4 Å². The van der Waals surface area contributed by atoms with E-state index in [4.69, 9.17) is 9.72 Å². The lowest BCUT2D eigenvalue weighted by atomic mass is 10.1. The van der Waals surface area contributed by atoms with E-state index in [-0.39, 0.29) is 17.5 Å². The standard InChI is InChI=1S/C29H29FN4O3/c1-3-37-26-14-7-6-13-25(26)34-27(31-24-12-5-4-11-23(24)29(34)36)20(2)32-15-17-33(18-16-32)28(35)21-9-8-10-22(30)19-21/h4-14,19-20H,3,15-18H2,1-2H3. The van der Waals surface area contributed by atoms with Gasteiger partial charge in [0, 0.05) is 31.7 Å². The maximum atomic E-state index is 13.8. The van der Waals surface area contributed by atoms with Crippen molar-refractivity contribution >= 4 is 16.8 Å². The quantitative estimate of drug-likeness (QED) is 0.392. The Hall–Kier alpha value is -4.04. The third kappa shape index (κ3) is 4.84. The smallest absolute Gasteiger partial charge is 0.266 e. The number of benzene rings is 3. The van der Waals surface area contributed by atoms with Crippen LogP contribution < -0.4 is 10.3 Å². The lowest BCUT2D eigenvalue weighted by Gasteiger charge is -2.38. The minimum Gasteiger partial charge on any atom is -0.492 e. The van der Waals surface area contributed by atoms with Crippen LogP contribution in [0.15, 0.2) is 77.6 Å². The molecule has 0 saturated carbocycles. The zero-order valence-electron chi connectivity index (χ0n) is 20.9. The zero-order chi connectivity index (χ0) is 25.9. The molecule has 0 N–H and O–H groups in total. The first-order valence-corrected chi connectivity index (χ1v) is 12.5. The summed E-state index contributed by atoms with van der Waals surface area (Å²) in [5.41, 5.74) is 1.48. The van der Waals surface area contributed by atoms with Gasteiger partial charge in [0.1, 0.15) is 17.4 Å². The highest BCUT2D eigenvalue weighted by atomic mass is 19.1. The molecule has 190 valence electrons. The third-order valence-corrected chi connectivity index (χ3v) is 6.80. The summed E-state index contributed by atoms with van der Waals surface area (Å²) in [5, 5.41) is 0.537. The molecule has 1 fully saturated rings. The summed E-state index contributed by atoms with van der Waals surface area (Å²) >= 11 is 0. The summed E-state index contributed by atoms with van der Waals surface area (Å²) < 4.78 is 21.1. The Bertz CT molecular complexity index is 1490. The number of para-hydroxylation sites is 3. The van der Waals surface area contributed by atoms with E-state index in [1.54, 1.807) is 27.7 Å². The fraction of sp³-hybridized carbons (Fsp3) is 0.276. The van der Waals surface area contributed by atoms with Gasteiger partial charge in [0.25, 0.3) is 11.5 Å². The van der Waals surface area contributed by atoms with Crippen molar-refractivity contribution in [1.82, 2.24) is 19.4 Å². The van der Waals surface area contributed by atoms with E-state index < -0.39 is 5.82 Å². The molecule has 37 heavy (non-hydrogen) atoms. The van der Waals surface area contributed by atoms with Crippen molar-refractivity contribution in [2.45, 2.75) is 19.9 Å². The number of amides is 1. The van der Waals surface area contributed by atoms with Crippen LogP contribution in [0.3, 0.4) is 0 Å². The van der Waals surface area contributed by atoms with Gasteiger partial charge in [-0.3, -0.25) is 19.1 Å². The van der Waals surface area contributed by atoms with Crippen LogP contribution in [-0.2, 0) is 0 Å². The summed E-state index contributed by atoms with van der Waals surface area (Å²) in [6.07, 6.45) is 0. The van der Waals surface area contributed by atoms with E-state index in [9.17, 15) is 14.0 Å². The van der Waals surface area contributed by atoms with Crippen molar-refractivity contribution in [1.29, 1.82) is 0 Å². The minimum atomic E-state index is -0.425. The summed E-state index contributed by atoms with van der Waals surface area (Å²) in [6.45, 7) is 6.59. The van der Waals surface area contributed by atoms with E-state index in [1.807, 2.05) is 56.3 Å². The lowest BCUT2D eigenvalue weighted by molar-refractivity contribution is 0.0573. The van der Waals surface area contributed by atoms with Gasteiger partial charge in [0.15, 0.2) is 0 Å². The van der Waals surface area contributed by atoms with E-state index in [0.717, 1.165) is 0 Å². The summed E-state index contributed by atoms with van der Waals surface area (Å²) in [5.74, 6) is 0.618. The average molecular weight is 501 g/mol. The van der Waals surface area contributed by atoms with Crippen LogP contribution in [0.4, 0.5) is 4.39 Å². The SMILES string of the molecule is CCOc1ccccc1-n1c(C(C)N2CCN(C(=O)c3cccc(F)c3)CC2)nc2ccccc2c1=O. The second-order valence-electron chi connectivity index (χ2n) is 9.04. The van der Waals surface area contributed by atoms with Crippen molar-refractivity contribution in [3.63, 3.8) is 0 Å². The molecule has 5 rings (SSSR count). The Kier molecular flexibility index (Phi) is 7.01. The number of hydrogen-bond donors (Lipinski definition) is 0. The summed E-state index contributed by atoms with van der Waals surface area (Å²) in [6, 6.07) is 20.4. The Morgan fingerprint density at radius 3 is 2.49 bits per heavy atom. The van der Waals surface area contributed by atoms with Crippen molar-refractivity contribution < 1.29 is 13.9 Å². The predicted octanol–water partition coefficient (Wildman–Crippen LogP) is 4.44. The van der Waals surface area contributed by atoms with Gasteiger partial charge < -0.3 is 9.64 Å². The molecule has 1 aromatic heterocycles. The monoisotopic (exact) mass is 500 g/mol. The Morgan fingerprint density at radius 2 is 1.73 bits per heavy atom. The highest BCUT2D eigenvalue weighted by molar-refractivity contribution is 5.94. The van der Waals surface area contributed by atoms with Crippen LogP contribution in [0.2, 0.25) is 0 Å². The summed E-state index contributed by atoms with van der Waals surface area (Å²) in [7, 11) is 0. The van der Waals surface area contributed by atoms with Crippen LogP contribution in [0.25, 0.3) is 16.6 Å². The first-order chi connectivity index (χ1) is 18.0. The Balaban J connectivity index is 1.48. The number of rotatable bonds is 6. The zero-order valence-corrected chi connectivity index (χ0v) is 20.9. The van der Waals surface area contributed by atoms with Crippen LogP contribution in [-0.4, -0.2) is 58.0 Å².